The molecule has 0 bridgehead atoms. The van der Waals surface area contributed by atoms with Crippen molar-refractivity contribution < 1.29 is 23.7 Å². The molecule has 0 radical (unpaired) electrons. The zero-order valence-electron chi connectivity index (χ0n) is 19.6. The van der Waals surface area contributed by atoms with Gasteiger partial charge in [-0.05, 0) is 30.9 Å². The van der Waals surface area contributed by atoms with Crippen molar-refractivity contribution in [2.75, 3.05) is 33.0 Å². The standard InChI is InChI=1S/C24H44O5S/c1-5-9-14-25-19-21-23(27-16-11-7-3)24(28-17-12-8-4)22(26-15-10-6-2)20(29-21)13-18-30/h20-24,30H,5-12,14-17,19H2,1-4H3/t20-,21-,22-,23-,24-/m1/s1. The second kappa shape index (κ2) is 18.3. The molecule has 0 amide bonds. The molecule has 30 heavy (non-hydrogen) atoms. The summed E-state index contributed by atoms with van der Waals surface area (Å²) in [5.41, 5.74) is 0. The molecule has 0 aromatic rings. The van der Waals surface area contributed by atoms with Gasteiger partial charge in [-0.25, -0.2) is 0 Å². The third kappa shape index (κ3) is 10.3. The van der Waals surface area contributed by atoms with E-state index in [-0.39, 0.29) is 24.4 Å². The van der Waals surface area contributed by atoms with E-state index in [0.29, 0.717) is 26.4 Å². The first-order valence-electron chi connectivity index (χ1n) is 12.0. The highest BCUT2D eigenvalue weighted by Crippen LogP contribution is 2.29. The van der Waals surface area contributed by atoms with Crippen molar-refractivity contribution in [2.45, 2.75) is 110 Å². The Morgan fingerprint density at radius 2 is 1.20 bits per heavy atom. The maximum absolute atomic E-state index is 6.37. The van der Waals surface area contributed by atoms with Crippen LogP contribution in [-0.2, 0) is 23.7 Å². The monoisotopic (exact) mass is 444 g/mol. The summed E-state index contributed by atoms with van der Waals surface area (Å²) >= 11 is 4.12. The van der Waals surface area contributed by atoms with Gasteiger partial charge in [-0.3, -0.25) is 0 Å². The third-order valence-electron chi connectivity index (χ3n) is 5.19. The van der Waals surface area contributed by atoms with Gasteiger partial charge in [-0.2, -0.15) is 0 Å². The summed E-state index contributed by atoms with van der Waals surface area (Å²) in [6, 6.07) is 0. The Labute approximate surface area is 190 Å². The van der Waals surface area contributed by atoms with Gasteiger partial charge in [0.05, 0.1) is 6.61 Å². The first-order chi connectivity index (χ1) is 14.7. The lowest BCUT2D eigenvalue weighted by molar-refractivity contribution is -0.254. The summed E-state index contributed by atoms with van der Waals surface area (Å²) in [5, 5.41) is 2.71. The Hall–Kier alpha value is -0.290. The Kier molecular flexibility index (Phi) is 16.9. The molecule has 0 N–H and O–H groups in total. The molecule has 1 saturated heterocycles. The maximum atomic E-state index is 6.37. The Balaban J connectivity index is 3.02. The van der Waals surface area contributed by atoms with Crippen molar-refractivity contribution in [3.8, 4) is 11.2 Å². The van der Waals surface area contributed by atoms with Crippen molar-refractivity contribution in [2.24, 2.45) is 0 Å². The van der Waals surface area contributed by atoms with E-state index in [1.807, 2.05) is 0 Å². The number of hydrogen-bond acceptors (Lipinski definition) is 6. The third-order valence-corrected chi connectivity index (χ3v) is 5.32. The molecule has 1 rings (SSSR count). The molecule has 6 heteroatoms. The van der Waals surface area contributed by atoms with Crippen LogP contribution in [0.15, 0.2) is 0 Å². The fourth-order valence-electron chi connectivity index (χ4n) is 3.34. The Bertz CT molecular complexity index is 464. The minimum atomic E-state index is -0.406. The number of unbranched alkanes of at least 4 members (excludes halogenated alkanes) is 4. The van der Waals surface area contributed by atoms with E-state index in [2.05, 4.69) is 51.5 Å². The minimum Gasteiger partial charge on any atom is -0.379 e. The van der Waals surface area contributed by atoms with E-state index in [1.165, 1.54) is 0 Å². The minimum absolute atomic E-state index is 0.236. The van der Waals surface area contributed by atoms with E-state index in [4.69, 9.17) is 23.7 Å². The van der Waals surface area contributed by atoms with E-state index >= 15 is 0 Å². The van der Waals surface area contributed by atoms with Crippen LogP contribution in [0.4, 0.5) is 0 Å². The van der Waals surface area contributed by atoms with Gasteiger partial charge < -0.3 is 23.7 Å². The fraction of sp³-hybridized carbons (Fsp3) is 0.917. The van der Waals surface area contributed by atoms with Gasteiger partial charge in [0.2, 0.25) is 0 Å². The molecule has 1 aliphatic heterocycles. The van der Waals surface area contributed by atoms with Gasteiger partial charge in [0.15, 0.2) is 0 Å². The highest BCUT2D eigenvalue weighted by molar-refractivity contribution is 7.85. The van der Waals surface area contributed by atoms with Crippen LogP contribution in [0.5, 0.6) is 0 Å². The summed E-state index contributed by atoms with van der Waals surface area (Å²) in [6.07, 6.45) is 6.94. The van der Waals surface area contributed by atoms with Crippen LogP contribution in [-0.4, -0.2) is 63.6 Å². The van der Waals surface area contributed by atoms with Gasteiger partial charge in [0.1, 0.15) is 30.5 Å². The second-order valence-electron chi connectivity index (χ2n) is 7.85. The average molecular weight is 445 g/mol. The summed E-state index contributed by atoms with van der Waals surface area (Å²) in [4.78, 5) is 0. The summed E-state index contributed by atoms with van der Waals surface area (Å²) in [7, 11) is 0. The van der Waals surface area contributed by atoms with E-state index in [1.54, 1.807) is 0 Å². The van der Waals surface area contributed by atoms with Gasteiger partial charge >= 0.3 is 0 Å². The normalized spacial score (nSPS) is 26.4. The zero-order chi connectivity index (χ0) is 22.0. The molecule has 0 aromatic heterocycles. The van der Waals surface area contributed by atoms with Crippen molar-refractivity contribution >= 4 is 12.6 Å². The largest absolute Gasteiger partial charge is 0.379 e. The second-order valence-corrected chi connectivity index (χ2v) is 8.07. The molecular weight excluding hydrogens is 400 g/mol. The van der Waals surface area contributed by atoms with Crippen molar-refractivity contribution in [1.29, 1.82) is 0 Å². The SMILES string of the molecule is CCCCOC[C@H]1O[C@H](C#CS)[C@@H](OCCCC)[C@@H](OCCCC)[C@@H]1OCCCC. The van der Waals surface area contributed by atoms with Crippen molar-refractivity contribution in [3.05, 3.63) is 0 Å². The number of rotatable bonds is 17. The lowest BCUT2D eigenvalue weighted by Gasteiger charge is -2.44. The van der Waals surface area contributed by atoms with Crippen LogP contribution in [0.3, 0.4) is 0 Å². The highest BCUT2D eigenvalue weighted by Gasteiger charge is 2.47. The van der Waals surface area contributed by atoms with Crippen molar-refractivity contribution in [3.63, 3.8) is 0 Å². The lowest BCUT2D eigenvalue weighted by atomic mass is 9.94. The molecule has 1 heterocycles. The van der Waals surface area contributed by atoms with Crippen LogP contribution < -0.4 is 0 Å². The van der Waals surface area contributed by atoms with Crippen LogP contribution in [0, 0.1) is 11.2 Å². The average Bonchev–Trinajstić information content (AvgIpc) is 2.75. The first-order valence-corrected chi connectivity index (χ1v) is 12.4. The highest BCUT2D eigenvalue weighted by atomic mass is 32.1. The maximum Gasteiger partial charge on any atom is 0.148 e. The smallest absolute Gasteiger partial charge is 0.148 e. The molecule has 5 atom stereocenters. The summed E-state index contributed by atoms with van der Waals surface area (Å²) in [5.74, 6) is 3.08. The molecule has 0 aliphatic carbocycles. The molecule has 0 spiro atoms. The first kappa shape index (κ1) is 27.7. The lowest BCUT2D eigenvalue weighted by Crippen LogP contribution is -2.61. The Morgan fingerprint density at radius 3 is 1.73 bits per heavy atom. The van der Waals surface area contributed by atoms with Crippen LogP contribution in [0.1, 0.15) is 79.1 Å². The molecule has 0 saturated carbocycles. The molecule has 0 aromatic carbocycles. The van der Waals surface area contributed by atoms with Crippen LogP contribution >= 0.6 is 12.6 Å². The van der Waals surface area contributed by atoms with Crippen molar-refractivity contribution in [1.82, 2.24) is 0 Å². The number of ether oxygens (including phenoxy) is 5. The quantitative estimate of drug-likeness (QED) is 0.194. The Morgan fingerprint density at radius 1 is 0.700 bits per heavy atom. The van der Waals surface area contributed by atoms with Gasteiger partial charge in [0.25, 0.3) is 0 Å². The molecule has 1 fully saturated rings. The number of hydrogen-bond donors (Lipinski definition) is 1. The molecule has 1 aliphatic rings. The van der Waals surface area contributed by atoms with E-state index in [0.717, 1.165) is 58.0 Å². The summed E-state index contributed by atoms with van der Waals surface area (Å²) < 4.78 is 31.2. The van der Waals surface area contributed by atoms with Gasteiger partial charge in [-0.15, -0.1) is 0 Å². The predicted octanol–water partition coefficient (Wildman–Crippen LogP) is 5.02. The molecule has 176 valence electrons. The van der Waals surface area contributed by atoms with Crippen LogP contribution in [0.2, 0.25) is 0 Å². The molecule has 0 unspecified atom stereocenters. The predicted molar refractivity (Wildman–Crippen MR) is 125 cm³/mol. The molecular formula is C24H44O5S. The zero-order valence-corrected chi connectivity index (χ0v) is 20.5. The number of thiol groups is 1. The van der Waals surface area contributed by atoms with Gasteiger partial charge in [0, 0.05) is 26.4 Å². The van der Waals surface area contributed by atoms with E-state index in [9.17, 15) is 0 Å². The summed E-state index contributed by atoms with van der Waals surface area (Å²) in [6.45, 7) is 11.8. The van der Waals surface area contributed by atoms with Gasteiger partial charge in [-0.1, -0.05) is 71.9 Å². The molecule has 5 nitrogen and oxygen atoms in total. The van der Waals surface area contributed by atoms with Crippen LogP contribution in [0.25, 0.3) is 0 Å². The topological polar surface area (TPSA) is 46.2 Å². The van der Waals surface area contributed by atoms with E-state index < -0.39 is 6.10 Å². The fourth-order valence-corrected chi connectivity index (χ4v) is 3.47.